The number of hydrogen-bond donors (Lipinski definition) is 3. The highest BCUT2D eigenvalue weighted by atomic mass is 32.2. The van der Waals surface area contributed by atoms with Crippen molar-refractivity contribution in [2.75, 3.05) is 0 Å². The van der Waals surface area contributed by atoms with Crippen LogP contribution in [0.2, 0.25) is 0 Å². The van der Waals surface area contributed by atoms with Crippen molar-refractivity contribution in [3.8, 4) is 0 Å². The van der Waals surface area contributed by atoms with Crippen molar-refractivity contribution in [3.63, 3.8) is 0 Å². The van der Waals surface area contributed by atoms with Gasteiger partial charge < -0.3 is 10.7 Å². The highest BCUT2D eigenvalue weighted by Crippen LogP contribution is 2.27. The Hall–Kier alpha value is -2.62. The third-order valence-corrected chi connectivity index (χ3v) is 5.58. The Morgan fingerprint density at radius 3 is 2.77 bits per heavy atom. The van der Waals surface area contributed by atoms with Gasteiger partial charge in [0, 0.05) is 24.2 Å². The summed E-state index contributed by atoms with van der Waals surface area (Å²) in [6, 6.07) is 6.31. The molecule has 2 heterocycles. The lowest BCUT2D eigenvalue weighted by Gasteiger charge is -2.12. The smallest absolute Gasteiger partial charge is 0.251 e. The van der Waals surface area contributed by atoms with Crippen molar-refractivity contribution in [1.29, 1.82) is 0 Å². The normalized spacial score (nSPS) is 11.8. The van der Waals surface area contributed by atoms with Gasteiger partial charge in [0.15, 0.2) is 0 Å². The number of H-pyrrole nitrogens is 1. The Kier molecular flexibility index (Phi) is 4.86. The first-order valence-corrected chi connectivity index (χ1v) is 9.44. The number of aromatic nitrogens is 3. The van der Waals surface area contributed by atoms with E-state index in [1.165, 1.54) is 6.07 Å². The van der Waals surface area contributed by atoms with Gasteiger partial charge in [0.1, 0.15) is 5.82 Å². The van der Waals surface area contributed by atoms with Gasteiger partial charge in [0.2, 0.25) is 10.0 Å². The van der Waals surface area contributed by atoms with E-state index < -0.39 is 10.0 Å². The minimum atomic E-state index is -3.84. The molecule has 0 bridgehead atoms. The van der Waals surface area contributed by atoms with Crippen LogP contribution in [0.15, 0.2) is 40.2 Å². The van der Waals surface area contributed by atoms with Gasteiger partial charge in [-0.1, -0.05) is 0 Å². The van der Waals surface area contributed by atoms with E-state index in [-0.39, 0.29) is 29.4 Å². The lowest BCUT2D eigenvalue weighted by atomic mass is 10.1. The van der Waals surface area contributed by atoms with Crippen molar-refractivity contribution in [2.45, 2.75) is 31.8 Å². The molecule has 0 atom stereocenters. The molecule has 0 aliphatic rings. The number of aromatic amines is 1. The van der Waals surface area contributed by atoms with Crippen molar-refractivity contribution < 1.29 is 8.42 Å². The maximum atomic E-state index is 12.8. The summed E-state index contributed by atoms with van der Waals surface area (Å²) < 4.78 is 28.2. The van der Waals surface area contributed by atoms with E-state index in [9.17, 15) is 13.2 Å². The van der Waals surface area contributed by atoms with Crippen LogP contribution in [0.4, 0.5) is 0 Å². The van der Waals surface area contributed by atoms with E-state index in [0.717, 1.165) is 11.1 Å². The van der Waals surface area contributed by atoms with Gasteiger partial charge >= 0.3 is 0 Å². The molecule has 0 aliphatic carbocycles. The molecule has 2 aromatic heterocycles. The number of nitrogens with zero attached hydrogens (tertiary/aromatic N) is 2. The molecular formula is C17H19N5O3S. The van der Waals surface area contributed by atoms with Gasteiger partial charge in [-0.3, -0.25) is 9.78 Å². The first-order valence-electron chi connectivity index (χ1n) is 7.95. The highest BCUT2D eigenvalue weighted by Gasteiger charge is 2.20. The lowest BCUT2D eigenvalue weighted by molar-refractivity contribution is 0.579. The summed E-state index contributed by atoms with van der Waals surface area (Å²) in [7, 11) is -3.84. The molecule has 3 rings (SSSR count). The number of fused-ring (bicyclic) bond motifs is 1. The van der Waals surface area contributed by atoms with Crippen molar-refractivity contribution in [3.05, 3.63) is 63.5 Å². The van der Waals surface area contributed by atoms with E-state index in [4.69, 9.17) is 5.73 Å². The largest absolute Gasteiger partial charge is 0.325 e. The van der Waals surface area contributed by atoms with E-state index in [2.05, 4.69) is 19.7 Å². The standard InChI is InChI=1S/C17H19N5O3S/c1-10-6-14(13-4-3-5-19-17(13)11(10)2)26(24,25)20-9-15-21-12(8-18)7-16(23)22-15/h3-7,20H,8-9,18H2,1-2H3,(H,21,22,23). The monoisotopic (exact) mass is 373 g/mol. The zero-order valence-corrected chi connectivity index (χ0v) is 15.2. The fraction of sp³-hybridized carbons (Fsp3) is 0.235. The molecule has 26 heavy (non-hydrogen) atoms. The molecule has 4 N–H and O–H groups in total. The van der Waals surface area contributed by atoms with Crippen LogP contribution in [0, 0.1) is 13.8 Å². The molecule has 0 saturated heterocycles. The zero-order valence-electron chi connectivity index (χ0n) is 14.4. The summed E-state index contributed by atoms with van der Waals surface area (Å²) in [4.78, 5) is 22.7. The summed E-state index contributed by atoms with van der Waals surface area (Å²) >= 11 is 0. The predicted octanol–water partition coefficient (Wildman–Crippen LogP) is 0.872. The second kappa shape index (κ2) is 6.94. The van der Waals surface area contributed by atoms with Crippen LogP contribution in [0.1, 0.15) is 22.6 Å². The summed E-state index contributed by atoms with van der Waals surface area (Å²) in [6.45, 7) is 3.69. The third kappa shape index (κ3) is 3.50. The Morgan fingerprint density at radius 2 is 2.04 bits per heavy atom. The number of rotatable bonds is 5. The number of hydrogen-bond acceptors (Lipinski definition) is 6. The van der Waals surface area contributed by atoms with Crippen LogP contribution in [-0.2, 0) is 23.1 Å². The Labute approximate surface area is 150 Å². The maximum Gasteiger partial charge on any atom is 0.251 e. The van der Waals surface area contributed by atoms with Crippen LogP contribution >= 0.6 is 0 Å². The van der Waals surface area contributed by atoms with E-state index in [1.807, 2.05) is 13.8 Å². The number of sulfonamides is 1. The fourth-order valence-electron chi connectivity index (χ4n) is 2.69. The van der Waals surface area contributed by atoms with Crippen LogP contribution in [0.5, 0.6) is 0 Å². The van der Waals surface area contributed by atoms with Crippen LogP contribution in [0.25, 0.3) is 10.9 Å². The summed E-state index contributed by atoms with van der Waals surface area (Å²) in [5, 5.41) is 0.542. The van der Waals surface area contributed by atoms with Crippen molar-refractivity contribution in [2.24, 2.45) is 5.73 Å². The van der Waals surface area contributed by atoms with Gasteiger partial charge in [0.05, 0.1) is 22.7 Å². The Morgan fingerprint density at radius 1 is 1.27 bits per heavy atom. The zero-order chi connectivity index (χ0) is 18.9. The molecule has 0 spiro atoms. The van der Waals surface area contributed by atoms with Gasteiger partial charge in [-0.15, -0.1) is 0 Å². The Balaban J connectivity index is 1.99. The van der Waals surface area contributed by atoms with Crippen molar-refractivity contribution in [1.82, 2.24) is 19.7 Å². The van der Waals surface area contributed by atoms with Crippen LogP contribution in [0.3, 0.4) is 0 Å². The topological polar surface area (TPSA) is 131 Å². The Bertz CT molecular complexity index is 1140. The van der Waals surface area contributed by atoms with Gasteiger partial charge in [-0.2, -0.15) is 0 Å². The quantitative estimate of drug-likeness (QED) is 0.608. The molecule has 9 heteroatoms. The summed E-state index contributed by atoms with van der Waals surface area (Å²) in [5.74, 6) is 0.202. The summed E-state index contributed by atoms with van der Waals surface area (Å²) in [6.07, 6.45) is 1.63. The lowest BCUT2D eigenvalue weighted by Crippen LogP contribution is -2.26. The second-order valence-corrected chi connectivity index (χ2v) is 7.66. The molecule has 1 aromatic carbocycles. The number of benzene rings is 1. The van der Waals surface area contributed by atoms with Crippen LogP contribution < -0.4 is 16.0 Å². The molecule has 0 amide bonds. The SMILES string of the molecule is Cc1cc(S(=O)(=O)NCc2nc(CN)cc(=O)[nH]2)c2cccnc2c1C. The van der Waals surface area contributed by atoms with Gasteiger partial charge in [-0.05, 0) is 43.2 Å². The average molecular weight is 373 g/mol. The molecule has 0 fully saturated rings. The number of nitrogens with two attached hydrogens (primary N) is 1. The second-order valence-electron chi connectivity index (χ2n) is 5.93. The molecule has 0 saturated carbocycles. The first-order chi connectivity index (χ1) is 12.3. The van der Waals surface area contributed by atoms with E-state index >= 15 is 0 Å². The predicted molar refractivity (Wildman–Crippen MR) is 98.0 cm³/mol. The van der Waals surface area contributed by atoms with Gasteiger partial charge in [-0.25, -0.2) is 18.1 Å². The number of aryl methyl sites for hydroxylation is 2. The third-order valence-electron chi connectivity index (χ3n) is 4.14. The molecule has 0 aliphatic heterocycles. The average Bonchev–Trinajstić information content (AvgIpc) is 2.62. The minimum absolute atomic E-state index is 0.0944. The molecule has 0 radical (unpaired) electrons. The van der Waals surface area contributed by atoms with Crippen LogP contribution in [-0.4, -0.2) is 23.4 Å². The molecule has 136 valence electrons. The van der Waals surface area contributed by atoms with Gasteiger partial charge in [0.25, 0.3) is 5.56 Å². The maximum absolute atomic E-state index is 12.8. The molecule has 3 aromatic rings. The number of pyridine rings is 1. The number of nitrogens with one attached hydrogen (secondary N) is 2. The first kappa shape index (κ1) is 18.2. The molecular weight excluding hydrogens is 354 g/mol. The van der Waals surface area contributed by atoms with E-state index in [1.54, 1.807) is 24.4 Å². The minimum Gasteiger partial charge on any atom is -0.325 e. The van der Waals surface area contributed by atoms with E-state index in [0.29, 0.717) is 16.6 Å². The molecule has 8 nitrogen and oxygen atoms in total. The molecule has 0 unspecified atom stereocenters. The highest BCUT2D eigenvalue weighted by molar-refractivity contribution is 7.89. The fourth-order valence-corrected chi connectivity index (χ4v) is 3.96. The van der Waals surface area contributed by atoms with Crippen molar-refractivity contribution >= 4 is 20.9 Å². The summed E-state index contributed by atoms with van der Waals surface area (Å²) in [5.41, 5.74) is 7.91.